The highest BCUT2D eigenvalue weighted by molar-refractivity contribution is 6.05. The summed E-state index contributed by atoms with van der Waals surface area (Å²) < 4.78 is 0. The molecule has 0 aliphatic carbocycles. The van der Waals surface area contributed by atoms with Gasteiger partial charge in [-0.1, -0.05) is 12.1 Å². The third kappa shape index (κ3) is 2.09. The van der Waals surface area contributed by atoms with E-state index >= 15 is 0 Å². The van der Waals surface area contributed by atoms with Crippen molar-refractivity contribution in [2.45, 2.75) is 0 Å². The molecule has 5 N–H and O–H groups in total. The van der Waals surface area contributed by atoms with Crippen molar-refractivity contribution in [3.8, 4) is 11.1 Å². The van der Waals surface area contributed by atoms with Gasteiger partial charge in [0.1, 0.15) is 0 Å². The Kier molecular flexibility index (Phi) is 3.02. The fourth-order valence-corrected chi connectivity index (χ4v) is 1.67. The van der Waals surface area contributed by atoms with E-state index in [9.17, 15) is 4.79 Å². The first-order valence-electron chi connectivity index (χ1n) is 5.04. The maximum absolute atomic E-state index is 11.7. The van der Waals surface area contributed by atoms with Gasteiger partial charge in [-0.2, -0.15) is 0 Å². The quantitative estimate of drug-likeness (QED) is 0.308. The van der Waals surface area contributed by atoms with Gasteiger partial charge in [0.2, 0.25) is 0 Å². The molecule has 0 saturated heterocycles. The van der Waals surface area contributed by atoms with E-state index in [0.717, 1.165) is 11.1 Å². The molecule has 1 amide bonds. The summed E-state index contributed by atoms with van der Waals surface area (Å²) in [7, 11) is 0. The molecule has 2 aromatic rings. The van der Waals surface area contributed by atoms with Gasteiger partial charge in [-0.05, 0) is 29.3 Å². The van der Waals surface area contributed by atoms with Crippen molar-refractivity contribution in [2.24, 2.45) is 5.84 Å². The number of nitrogen functional groups attached to an aromatic ring is 2. The van der Waals surface area contributed by atoms with Crippen LogP contribution < -0.4 is 17.0 Å². The van der Waals surface area contributed by atoms with Crippen LogP contribution in [-0.4, -0.2) is 10.9 Å². The number of nitrogens with two attached hydrogens (primary N) is 2. The smallest absolute Gasteiger partial charge is 0.267 e. The number of aromatic nitrogens is 1. The molecule has 5 heteroatoms. The first-order chi connectivity index (χ1) is 8.24. The summed E-state index contributed by atoms with van der Waals surface area (Å²) in [5.74, 6) is 4.74. The Morgan fingerprint density at radius 3 is 2.53 bits per heavy atom. The van der Waals surface area contributed by atoms with Gasteiger partial charge in [0.15, 0.2) is 0 Å². The topological polar surface area (TPSA) is 94.0 Å². The van der Waals surface area contributed by atoms with Crippen LogP contribution in [0.4, 0.5) is 5.69 Å². The lowest BCUT2D eigenvalue weighted by Gasteiger charge is -2.10. The van der Waals surface area contributed by atoms with Crippen molar-refractivity contribution >= 4 is 11.6 Å². The summed E-state index contributed by atoms with van der Waals surface area (Å²) >= 11 is 0. The van der Waals surface area contributed by atoms with Gasteiger partial charge in [-0.15, -0.1) is 0 Å². The Bertz CT molecular complexity index is 539. The number of hydrazine groups is 1. The van der Waals surface area contributed by atoms with Crippen LogP contribution in [0.15, 0.2) is 42.7 Å². The molecule has 0 bridgehead atoms. The lowest BCUT2D eigenvalue weighted by molar-refractivity contribution is 0.0955. The number of nitrogens with zero attached hydrogens (tertiary/aromatic N) is 1. The van der Waals surface area contributed by atoms with Gasteiger partial charge in [0.05, 0.1) is 5.56 Å². The number of amides is 1. The molecule has 1 heterocycles. The fraction of sp³-hybridized carbons (Fsp3) is 0. The zero-order valence-electron chi connectivity index (χ0n) is 9.05. The van der Waals surface area contributed by atoms with Crippen LogP contribution in [0.3, 0.4) is 0 Å². The number of carbonyl (C=O) groups is 1. The first kappa shape index (κ1) is 11.1. The standard InChI is InChI=1S/C12H12N4O/c13-10-3-1-2-9(11(10)12(17)16-14)8-4-6-15-7-5-8/h1-7H,13-14H2,(H,16,17). The Labute approximate surface area is 98.4 Å². The summed E-state index contributed by atoms with van der Waals surface area (Å²) in [5, 5.41) is 0. The van der Waals surface area contributed by atoms with Gasteiger partial charge in [-0.3, -0.25) is 15.2 Å². The van der Waals surface area contributed by atoms with Crippen LogP contribution in [0.2, 0.25) is 0 Å². The van der Waals surface area contributed by atoms with Crippen molar-refractivity contribution in [2.75, 3.05) is 5.73 Å². The number of benzene rings is 1. The van der Waals surface area contributed by atoms with Crippen molar-refractivity contribution in [3.63, 3.8) is 0 Å². The van der Waals surface area contributed by atoms with Crippen LogP contribution in [0, 0.1) is 0 Å². The predicted molar refractivity (Wildman–Crippen MR) is 65.7 cm³/mol. The Morgan fingerprint density at radius 2 is 1.88 bits per heavy atom. The maximum Gasteiger partial charge on any atom is 0.267 e. The van der Waals surface area contributed by atoms with E-state index in [4.69, 9.17) is 11.6 Å². The molecular weight excluding hydrogens is 216 g/mol. The molecule has 17 heavy (non-hydrogen) atoms. The molecule has 5 nitrogen and oxygen atoms in total. The number of hydrogen-bond acceptors (Lipinski definition) is 4. The number of pyridine rings is 1. The minimum Gasteiger partial charge on any atom is -0.398 e. The average molecular weight is 228 g/mol. The molecule has 0 radical (unpaired) electrons. The normalized spacial score (nSPS) is 9.94. The second-order valence-corrected chi connectivity index (χ2v) is 3.48. The third-order valence-electron chi connectivity index (χ3n) is 2.45. The fourth-order valence-electron chi connectivity index (χ4n) is 1.67. The van der Waals surface area contributed by atoms with Gasteiger partial charge >= 0.3 is 0 Å². The highest BCUT2D eigenvalue weighted by Gasteiger charge is 2.14. The summed E-state index contributed by atoms with van der Waals surface area (Å²) in [6.45, 7) is 0. The first-order valence-corrected chi connectivity index (χ1v) is 5.04. The second kappa shape index (κ2) is 4.63. The van der Waals surface area contributed by atoms with Crippen molar-refractivity contribution < 1.29 is 4.79 Å². The Morgan fingerprint density at radius 1 is 1.18 bits per heavy atom. The Hall–Kier alpha value is -2.40. The lowest BCUT2D eigenvalue weighted by Crippen LogP contribution is -2.31. The van der Waals surface area contributed by atoms with Gasteiger partial charge in [-0.25, -0.2) is 5.84 Å². The molecule has 0 spiro atoms. The molecule has 0 aliphatic heterocycles. The van der Waals surface area contributed by atoms with E-state index < -0.39 is 5.91 Å². The van der Waals surface area contributed by atoms with E-state index in [1.165, 1.54) is 0 Å². The second-order valence-electron chi connectivity index (χ2n) is 3.48. The molecule has 0 atom stereocenters. The number of nitrogens with one attached hydrogen (secondary N) is 1. The maximum atomic E-state index is 11.7. The molecule has 0 fully saturated rings. The molecule has 2 rings (SSSR count). The van der Waals surface area contributed by atoms with Crippen LogP contribution in [0.5, 0.6) is 0 Å². The summed E-state index contributed by atoms with van der Waals surface area (Å²) in [6, 6.07) is 8.88. The van der Waals surface area contributed by atoms with E-state index in [2.05, 4.69) is 10.4 Å². The zero-order chi connectivity index (χ0) is 12.3. The lowest BCUT2D eigenvalue weighted by atomic mass is 9.99. The Balaban J connectivity index is 2.62. The van der Waals surface area contributed by atoms with Crippen LogP contribution in [0.25, 0.3) is 11.1 Å². The molecule has 0 saturated carbocycles. The summed E-state index contributed by atoms with van der Waals surface area (Å²) in [6.07, 6.45) is 3.31. The number of rotatable bonds is 2. The van der Waals surface area contributed by atoms with Gasteiger partial charge in [0, 0.05) is 18.1 Å². The average Bonchev–Trinajstić information content (AvgIpc) is 2.38. The van der Waals surface area contributed by atoms with Gasteiger partial charge < -0.3 is 5.73 Å². The van der Waals surface area contributed by atoms with Crippen molar-refractivity contribution in [1.29, 1.82) is 0 Å². The number of hydrogen-bond donors (Lipinski definition) is 3. The van der Waals surface area contributed by atoms with E-state index in [1.807, 2.05) is 18.2 Å². The number of carbonyl (C=O) groups excluding carboxylic acids is 1. The minimum atomic E-state index is -0.407. The third-order valence-corrected chi connectivity index (χ3v) is 2.45. The van der Waals surface area contributed by atoms with Crippen LogP contribution >= 0.6 is 0 Å². The molecule has 0 aliphatic rings. The molecular formula is C12H12N4O. The van der Waals surface area contributed by atoms with Crippen molar-refractivity contribution in [1.82, 2.24) is 10.4 Å². The monoisotopic (exact) mass is 228 g/mol. The molecule has 86 valence electrons. The minimum absolute atomic E-state index is 0.376. The van der Waals surface area contributed by atoms with E-state index in [0.29, 0.717) is 11.3 Å². The number of anilines is 1. The van der Waals surface area contributed by atoms with Crippen LogP contribution in [0.1, 0.15) is 10.4 Å². The van der Waals surface area contributed by atoms with E-state index in [1.54, 1.807) is 24.5 Å². The van der Waals surface area contributed by atoms with Crippen molar-refractivity contribution in [3.05, 3.63) is 48.3 Å². The van der Waals surface area contributed by atoms with Crippen LogP contribution in [-0.2, 0) is 0 Å². The molecule has 0 unspecified atom stereocenters. The van der Waals surface area contributed by atoms with E-state index in [-0.39, 0.29) is 0 Å². The molecule has 1 aromatic carbocycles. The predicted octanol–water partition coefficient (Wildman–Crippen LogP) is 0.934. The van der Waals surface area contributed by atoms with Gasteiger partial charge in [0.25, 0.3) is 5.91 Å². The highest BCUT2D eigenvalue weighted by atomic mass is 16.2. The molecule has 1 aromatic heterocycles. The summed E-state index contributed by atoms with van der Waals surface area (Å²) in [4.78, 5) is 15.6. The largest absolute Gasteiger partial charge is 0.398 e. The highest BCUT2D eigenvalue weighted by Crippen LogP contribution is 2.27. The zero-order valence-corrected chi connectivity index (χ0v) is 9.05. The SMILES string of the molecule is NNC(=O)c1c(N)cccc1-c1ccncc1. The summed E-state index contributed by atoms with van der Waals surface area (Å²) in [5.41, 5.74) is 10.3.